The minimum absolute atomic E-state index is 0. The normalized spacial score (nSPS) is 10.0. The summed E-state index contributed by atoms with van der Waals surface area (Å²) in [6.07, 6.45) is 0. The van der Waals surface area contributed by atoms with Gasteiger partial charge in [0.2, 0.25) is 0 Å². The Bertz CT molecular complexity index is 114. The Hall–Kier alpha value is 1.16. The summed E-state index contributed by atoms with van der Waals surface area (Å²) in [5.74, 6) is 0. The molecule has 0 rings (SSSR count). The summed E-state index contributed by atoms with van der Waals surface area (Å²) in [4.78, 5) is 0. The van der Waals surface area contributed by atoms with Crippen molar-refractivity contribution in [3.05, 3.63) is 0 Å². The average Bonchev–Trinajstić information content (AvgIpc) is 1.35. The van der Waals surface area contributed by atoms with Crippen LogP contribution in [-0.2, 0) is 14.1 Å². The molecular formula is H2ClNaO4S. The summed E-state index contributed by atoms with van der Waals surface area (Å²) >= 11 is 4.14. The van der Waals surface area contributed by atoms with Gasteiger partial charge in [0.05, 0.1) is 11.9 Å². The molecule has 4 nitrogen and oxygen atoms in total. The fraction of sp³-hybridized carbons (Fsp3) is 0. The first-order chi connectivity index (χ1) is 2.56. The van der Waals surface area contributed by atoms with Gasteiger partial charge in [-0.05, 0) is 0 Å². The van der Waals surface area contributed by atoms with Crippen molar-refractivity contribution < 1.29 is 16.7 Å². The predicted molar refractivity (Wildman–Crippen MR) is 25.6 cm³/mol. The van der Waals surface area contributed by atoms with Crippen LogP contribution in [0.5, 0.6) is 0 Å². The summed E-state index contributed by atoms with van der Waals surface area (Å²) in [5, 5.41) is 0. The molecule has 0 spiro atoms. The van der Waals surface area contributed by atoms with E-state index in [1.807, 2.05) is 0 Å². The molecule has 7 heteroatoms. The molecule has 0 unspecified atom stereocenters. The Kier molecular flexibility index (Phi) is 6.43. The maximum absolute atomic E-state index is 9.20. The number of halogens is 1. The van der Waals surface area contributed by atoms with Crippen molar-refractivity contribution >= 4 is 51.8 Å². The molecule has 0 radical (unpaired) electrons. The Morgan fingerprint density at radius 2 is 1.71 bits per heavy atom. The van der Waals surface area contributed by atoms with E-state index < -0.39 is 10.4 Å². The molecule has 0 aromatic rings. The first-order valence-electron chi connectivity index (χ1n) is 0.837. The maximum atomic E-state index is 9.20. The number of hydrogen-bond acceptors (Lipinski definition) is 3. The molecule has 0 aliphatic rings. The van der Waals surface area contributed by atoms with Crippen molar-refractivity contribution in [3.63, 3.8) is 0 Å². The van der Waals surface area contributed by atoms with Crippen molar-refractivity contribution in [2.45, 2.75) is 0 Å². The van der Waals surface area contributed by atoms with Crippen LogP contribution in [0.3, 0.4) is 0 Å². The molecule has 0 amide bonds. The summed E-state index contributed by atoms with van der Waals surface area (Å²) in [7, 11) is -4.40. The van der Waals surface area contributed by atoms with E-state index in [9.17, 15) is 8.42 Å². The van der Waals surface area contributed by atoms with Gasteiger partial charge in [0, 0.05) is 0 Å². The molecule has 40 valence electrons. The molecule has 0 bridgehead atoms. The molecule has 7 heavy (non-hydrogen) atoms. The first kappa shape index (κ1) is 11.0. The van der Waals surface area contributed by atoms with Gasteiger partial charge in [-0.1, -0.05) is 0 Å². The van der Waals surface area contributed by atoms with E-state index in [2.05, 4.69) is 15.6 Å². The van der Waals surface area contributed by atoms with Gasteiger partial charge in [-0.3, -0.25) is 4.55 Å². The van der Waals surface area contributed by atoms with E-state index in [-0.39, 0.29) is 29.6 Å². The summed E-state index contributed by atoms with van der Waals surface area (Å²) < 4.78 is 28.8. The van der Waals surface area contributed by atoms with E-state index in [1.165, 1.54) is 0 Å². The van der Waals surface area contributed by atoms with Gasteiger partial charge < -0.3 is 0 Å². The molecule has 0 aliphatic heterocycles. The molecule has 0 atom stereocenters. The molecule has 0 saturated heterocycles. The van der Waals surface area contributed by atoms with E-state index in [0.29, 0.717) is 0 Å². The molecule has 0 saturated carbocycles. The molecule has 0 aliphatic carbocycles. The van der Waals surface area contributed by atoms with Crippen molar-refractivity contribution in [2.75, 3.05) is 0 Å². The molecule has 0 aromatic carbocycles. The zero-order valence-electron chi connectivity index (χ0n) is 2.46. The van der Waals surface area contributed by atoms with Gasteiger partial charge in [-0.15, -0.1) is 3.74 Å². The van der Waals surface area contributed by atoms with Crippen molar-refractivity contribution in [2.24, 2.45) is 0 Å². The van der Waals surface area contributed by atoms with Crippen LogP contribution in [-0.4, -0.2) is 42.5 Å². The standard InChI is InChI=1S/ClHO4S.Na.H/c1-5-6(2,3)4;;/h(H,2,3,4);;. The van der Waals surface area contributed by atoms with Gasteiger partial charge in [0.25, 0.3) is 0 Å². The third-order valence-corrected chi connectivity index (χ3v) is 0.716. The topological polar surface area (TPSA) is 63.6 Å². The molecular weight excluding hydrogens is 155 g/mol. The van der Waals surface area contributed by atoms with Crippen LogP contribution < -0.4 is 0 Å². The Balaban J connectivity index is 0. The monoisotopic (exact) mass is 156 g/mol. The van der Waals surface area contributed by atoms with Crippen LogP contribution in [0.4, 0.5) is 0 Å². The van der Waals surface area contributed by atoms with Crippen LogP contribution in [0.1, 0.15) is 0 Å². The quantitative estimate of drug-likeness (QED) is 0.403. The molecule has 0 aromatic heterocycles. The van der Waals surface area contributed by atoms with Gasteiger partial charge >= 0.3 is 40.0 Å². The van der Waals surface area contributed by atoms with Gasteiger partial charge in [-0.25, -0.2) is 0 Å². The summed E-state index contributed by atoms with van der Waals surface area (Å²) in [6.45, 7) is 0. The second-order valence-electron chi connectivity index (χ2n) is 0.491. The van der Waals surface area contributed by atoms with Crippen LogP contribution >= 0.6 is 11.9 Å². The van der Waals surface area contributed by atoms with Crippen molar-refractivity contribution in [1.29, 1.82) is 0 Å². The zero-order chi connectivity index (χ0) is 5.21. The average molecular weight is 157 g/mol. The second kappa shape index (κ2) is 4.08. The first-order valence-corrected chi connectivity index (χ1v) is 2.51. The van der Waals surface area contributed by atoms with E-state index in [0.717, 1.165) is 0 Å². The molecule has 0 heterocycles. The fourth-order valence-electron chi connectivity index (χ4n) is 0. The van der Waals surface area contributed by atoms with E-state index in [1.54, 1.807) is 0 Å². The van der Waals surface area contributed by atoms with Crippen LogP contribution in [0, 0.1) is 0 Å². The zero-order valence-corrected chi connectivity index (χ0v) is 4.03. The SMILES string of the molecule is O=S(=O)(O)OCl.[NaH]. The van der Waals surface area contributed by atoms with Gasteiger partial charge in [0.1, 0.15) is 0 Å². The molecule has 1 N–H and O–H groups in total. The van der Waals surface area contributed by atoms with Gasteiger partial charge in [-0.2, -0.15) is 8.42 Å². The van der Waals surface area contributed by atoms with Crippen LogP contribution in [0.15, 0.2) is 0 Å². The Labute approximate surface area is 68.2 Å². The van der Waals surface area contributed by atoms with E-state index >= 15 is 0 Å². The Morgan fingerprint density at radius 3 is 1.71 bits per heavy atom. The molecule has 0 fully saturated rings. The van der Waals surface area contributed by atoms with Crippen molar-refractivity contribution in [1.82, 2.24) is 0 Å². The third-order valence-electron chi connectivity index (χ3n) is 0.0796. The summed E-state index contributed by atoms with van der Waals surface area (Å²) in [6, 6.07) is 0. The Morgan fingerprint density at radius 1 is 1.57 bits per heavy atom. The van der Waals surface area contributed by atoms with E-state index in [4.69, 9.17) is 4.55 Å². The fourth-order valence-corrected chi connectivity index (χ4v) is 0. The minimum atomic E-state index is -4.40. The number of rotatable bonds is 1. The summed E-state index contributed by atoms with van der Waals surface area (Å²) in [5.41, 5.74) is 0. The van der Waals surface area contributed by atoms with Crippen LogP contribution in [0.25, 0.3) is 0 Å². The third kappa shape index (κ3) is 11.0. The number of hydrogen-bond donors (Lipinski definition) is 1. The van der Waals surface area contributed by atoms with Crippen molar-refractivity contribution in [3.8, 4) is 0 Å². The predicted octanol–water partition coefficient (Wildman–Crippen LogP) is -0.689. The van der Waals surface area contributed by atoms with Gasteiger partial charge in [0.15, 0.2) is 0 Å². The second-order valence-corrected chi connectivity index (χ2v) is 1.85. The van der Waals surface area contributed by atoms with Crippen LogP contribution in [0.2, 0.25) is 0 Å².